The number of nitrogens with zero attached hydrogens (tertiary/aromatic N) is 2. The maximum atomic E-state index is 13.1. The molecule has 2 aliphatic rings. The molecule has 1 aromatic rings. The number of likely N-dealkylation sites (N-methyl/N-ethyl adjacent to an activating group) is 1. The molecule has 1 amide bonds. The first-order valence-electron chi connectivity index (χ1n) is 11.5. The van der Waals surface area contributed by atoms with E-state index in [0.717, 1.165) is 17.6 Å². The third kappa shape index (κ3) is 5.49. The largest absolute Gasteiger partial charge is 0.388 e. The van der Waals surface area contributed by atoms with Gasteiger partial charge in [0, 0.05) is 54.7 Å². The molecule has 34 heavy (non-hydrogen) atoms. The summed E-state index contributed by atoms with van der Waals surface area (Å²) in [5.41, 5.74) is 1.86. The van der Waals surface area contributed by atoms with Gasteiger partial charge in [0.05, 0.1) is 17.1 Å². The van der Waals surface area contributed by atoms with Crippen LogP contribution < -0.4 is 15.4 Å². The molecule has 0 unspecified atom stereocenters. The van der Waals surface area contributed by atoms with Crippen LogP contribution in [0.4, 0.5) is 0 Å². The summed E-state index contributed by atoms with van der Waals surface area (Å²) < 4.78 is 0.920. The van der Waals surface area contributed by atoms with Crippen LogP contribution in [0.15, 0.2) is 53.5 Å². The number of terminal acetylenes is 1. The molecule has 0 radical (unpaired) electrons. The summed E-state index contributed by atoms with van der Waals surface area (Å²) in [4.78, 5) is 14.9. The highest BCUT2D eigenvalue weighted by Crippen LogP contribution is 2.28. The number of nitrogens with one attached hydrogen (secondary N) is 3. The quantitative estimate of drug-likeness (QED) is 0.252. The first-order chi connectivity index (χ1) is 16.0. The first kappa shape index (κ1) is 25.1. The van der Waals surface area contributed by atoms with Crippen molar-refractivity contribution in [2.24, 2.45) is 0 Å². The Labute approximate surface area is 201 Å². The fourth-order valence-corrected chi connectivity index (χ4v) is 4.12. The topological polar surface area (TPSA) is 113 Å². The monoisotopic (exact) mass is 464 g/mol. The van der Waals surface area contributed by atoms with Crippen LogP contribution in [-0.4, -0.2) is 52.6 Å². The number of aromatic nitrogens is 1. The highest BCUT2D eigenvalue weighted by Gasteiger charge is 2.31. The van der Waals surface area contributed by atoms with Crippen molar-refractivity contribution in [3.05, 3.63) is 64.9 Å². The summed E-state index contributed by atoms with van der Waals surface area (Å²) >= 11 is 0. The molecule has 0 aliphatic heterocycles. The summed E-state index contributed by atoms with van der Waals surface area (Å²) in [5.74, 6) is 2.07. The number of rotatable bonds is 6. The van der Waals surface area contributed by atoms with E-state index in [2.05, 4.69) is 16.6 Å². The van der Waals surface area contributed by atoms with Crippen molar-refractivity contribution in [1.82, 2.24) is 15.5 Å². The van der Waals surface area contributed by atoms with E-state index in [1.54, 1.807) is 36.6 Å². The summed E-state index contributed by atoms with van der Waals surface area (Å²) in [6, 6.07) is 5.22. The number of allylic oxidation sites excluding steroid dienone is 3. The van der Waals surface area contributed by atoms with Crippen LogP contribution in [0.3, 0.4) is 0 Å². The van der Waals surface area contributed by atoms with E-state index >= 15 is 0 Å². The predicted octanol–water partition coefficient (Wildman–Crippen LogP) is 2.21. The van der Waals surface area contributed by atoms with Gasteiger partial charge in [-0.05, 0) is 43.9 Å². The molecular weight excluding hydrogens is 430 g/mol. The van der Waals surface area contributed by atoms with Crippen LogP contribution in [0, 0.1) is 17.8 Å². The van der Waals surface area contributed by atoms with Gasteiger partial charge in [-0.2, -0.15) is 0 Å². The average Bonchev–Trinajstić information content (AvgIpc) is 2.79. The minimum atomic E-state index is -1.03. The highest BCUT2D eigenvalue weighted by molar-refractivity contribution is 6.10. The Morgan fingerprint density at radius 1 is 1.32 bits per heavy atom. The van der Waals surface area contributed by atoms with Crippen molar-refractivity contribution >= 4 is 11.6 Å². The van der Waals surface area contributed by atoms with Gasteiger partial charge in [0.25, 0.3) is 0 Å². The Bertz CT molecular complexity index is 1100. The Morgan fingerprint density at radius 2 is 2.00 bits per heavy atom. The molecule has 0 atom stereocenters. The van der Waals surface area contributed by atoms with E-state index in [-0.39, 0.29) is 17.7 Å². The zero-order valence-corrected chi connectivity index (χ0v) is 20.2. The Hall–Kier alpha value is -3.57. The third-order valence-corrected chi connectivity index (χ3v) is 6.27. The SMILES string of the molecule is C#C[C@]1(O)CC[C@H](N/C=C2/C=C(NC(=O)c3cccc(C(C)C)[n+]3O)C(N(C)C)=CC2=N)CC1. The number of pyridine rings is 1. The van der Waals surface area contributed by atoms with Gasteiger partial charge in [0.15, 0.2) is 0 Å². The summed E-state index contributed by atoms with van der Waals surface area (Å²) in [7, 11) is 3.68. The van der Waals surface area contributed by atoms with E-state index < -0.39 is 11.5 Å². The van der Waals surface area contributed by atoms with Gasteiger partial charge in [0.1, 0.15) is 5.60 Å². The Balaban J connectivity index is 1.81. The van der Waals surface area contributed by atoms with Gasteiger partial charge in [-0.25, -0.2) is 0 Å². The molecule has 0 aromatic carbocycles. The van der Waals surface area contributed by atoms with Gasteiger partial charge >= 0.3 is 11.6 Å². The number of carbonyl (C=O) groups excluding carboxylic acids is 1. The molecule has 180 valence electrons. The van der Waals surface area contributed by atoms with E-state index in [9.17, 15) is 15.1 Å². The zero-order valence-electron chi connectivity index (χ0n) is 20.2. The lowest BCUT2D eigenvalue weighted by Crippen LogP contribution is -2.45. The van der Waals surface area contributed by atoms with E-state index in [1.165, 1.54) is 0 Å². The number of carbonyl (C=O) groups is 1. The predicted molar refractivity (Wildman–Crippen MR) is 130 cm³/mol. The van der Waals surface area contributed by atoms with Crippen LogP contribution in [0.25, 0.3) is 0 Å². The van der Waals surface area contributed by atoms with Crippen molar-refractivity contribution < 1.29 is 19.8 Å². The molecule has 1 saturated carbocycles. The molecular formula is C26H34N5O3+. The molecule has 8 heteroatoms. The van der Waals surface area contributed by atoms with Gasteiger partial charge in [-0.3, -0.25) is 10.0 Å². The second-order valence-corrected chi connectivity index (χ2v) is 9.37. The van der Waals surface area contributed by atoms with Gasteiger partial charge in [-0.1, -0.05) is 19.8 Å². The second kappa shape index (κ2) is 10.1. The standard InChI is InChI=1S/C26H33N5O3/c1-6-26(33)12-10-19(11-13-26)28-16-18-14-21(24(30(4)5)15-20(18)27)29-25(32)23-9-7-8-22(17(2)3)31(23)34/h1,7-9,14-17,19,27,32-34H,10-13H2,2-5H3/p+1/t19-,26-. The van der Waals surface area contributed by atoms with Gasteiger partial charge in [0.2, 0.25) is 5.69 Å². The smallest absolute Gasteiger partial charge is 0.325 e. The molecule has 8 nitrogen and oxygen atoms in total. The lowest BCUT2D eigenvalue weighted by atomic mass is 9.83. The number of amides is 1. The van der Waals surface area contributed by atoms with Crippen molar-refractivity contribution in [1.29, 1.82) is 5.41 Å². The minimum Gasteiger partial charge on any atom is -0.388 e. The third-order valence-electron chi connectivity index (χ3n) is 6.27. The molecule has 0 saturated heterocycles. The second-order valence-electron chi connectivity index (χ2n) is 9.37. The van der Waals surface area contributed by atoms with Crippen molar-refractivity contribution in [3.63, 3.8) is 0 Å². The van der Waals surface area contributed by atoms with Crippen molar-refractivity contribution in [2.45, 2.75) is 57.1 Å². The number of aliphatic hydroxyl groups is 1. The van der Waals surface area contributed by atoms with Crippen LogP contribution in [-0.2, 0) is 0 Å². The molecule has 2 aliphatic carbocycles. The van der Waals surface area contributed by atoms with Crippen LogP contribution >= 0.6 is 0 Å². The van der Waals surface area contributed by atoms with Crippen molar-refractivity contribution in [3.8, 4) is 12.3 Å². The minimum absolute atomic E-state index is 0.0429. The highest BCUT2D eigenvalue weighted by atomic mass is 16.5. The summed E-state index contributed by atoms with van der Waals surface area (Å²) in [6.07, 6.45) is 13.2. The number of hydrogen-bond donors (Lipinski definition) is 5. The maximum absolute atomic E-state index is 13.1. The molecule has 0 spiro atoms. The van der Waals surface area contributed by atoms with E-state index in [0.29, 0.717) is 41.2 Å². The zero-order chi connectivity index (χ0) is 25.0. The van der Waals surface area contributed by atoms with Crippen molar-refractivity contribution in [2.75, 3.05) is 14.1 Å². The fourth-order valence-electron chi connectivity index (χ4n) is 4.12. The van der Waals surface area contributed by atoms with Gasteiger partial charge < -0.3 is 26.0 Å². The average molecular weight is 465 g/mol. The van der Waals surface area contributed by atoms with E-state index in [1.807, 2.05) is 32.8 Å². The Kier molecular flexibility index (Phi) is 7.48. The molecule has 1 heterocycles. The van der Waals surface area contributed by atoms with E-state index in [4.69, 9.17) is 11.8 Å². The number of hydrogen-bond acceptors (Lipinski definition) is 6. The lowest BCUT2D eigenvalue weighted by Gasteiger charge is -2.32. The molecule has 1 fully saturated rings. The summed E-state index contributed by atoms with van der Waals surface area (Å²) in [6.45, 7) is 3.88. The van der Waals surface area contributed by atoms with Crippen LogP contribution in [0.1, 0.15) is 61.6 Å². The van der Waals surface area contributed by atoms with Gasteiger partial charge in [-0.15, -0.1) is 6.42 Å². The lowest BCUT2D eigenvalue weighted by molar-refractivity contribution is -0.911. The fraction of sp³-hybridized carbons (Fsp3) is 0.423. The maximum Gasteiger partial charge on any atom is 0.325 e. The van der Waals surface area contributed by atoms with Crippen LogP contribution in [0.2, 0.25) is 0 Å². The molecule has 5 N–H and O–H groups in total. The Morgan fingerprint density at radius 3 is 2.59 bits per heavy atom. The molecule has 3 rings (SSSR count). The first-order valence-corrected chi connectivity index (χ1v) is 11.5. The summed E-state index contributed by atoms with van der Waals surface area (Å²) in [5, 5.41) is 35.4. The molecule has 0 bridgehead atoms. The molecule has 1 aromatic heterocycles. The van der Waals surface area contributed by atoms with Crippen LogP contribution in [0.5, 0.6) is 0 Å². The normalized spacial score (nSPS) is 23.7.